The topological polar surface area (TPSA) is 83.7 Å². The number of carbonyl (C=O) groups excluding carboxylic acids is 1. The zero-order chi connectivity index (χ0) is 16.4. The maximum absolute atomic E-state index is 12.7. The van der Waals surface area contributed by atoms with Gasteiger partial charge < -0.3 is 10.6 Å². The lowest BCUT2D eigenvalue weighted by Gasteiger charge is -2.30. The molecule has 23 heavy (non-hydrogen) atoms. The van der Waals surface area contributed by atoms with Gasteiger partial charge in [-0.25, -0.2) is 8.42 Å². The molecule has 7 heteroatoms. The number of carbonyl (C=O) groups is 1. The molecule has 0 atom stereocenters. The van der Waals surface area contributed by atoms with Crippen molar-refractivity contribution in [1.29, 1.82) is 0 Å². The largest absolute Gasteiger partial charge is 0.330 e. The van der Waals surface area contributed by atoms with Crippen LogP contribution in [0.15, 0.2) is 29.2 Å². The van der Waals surface area contributed by atoms with E-state index in [-0.39, 0.29) is 5.91 Å². The van der Waals surface area contributed by atoms with Crippen LogP contribution >= 0.6 is 0 Å². The summed E-state index contributed by atoms with van der Waals surface area (Å²) in [5.41, 5.74) is 6.43. The predicted molar refractivity (Wildman–Crippen MR) is 88.6 cm³/mol. The molecule has 2 saturated heterocycles. The average Bonchev–Trinajstić information content (AvgIpc) is 3.01. The Morgan fingerprint density at radius 3 is 2.26 bits per heavy atom. The van der Waals surface area contributed by atoms with E-state index in [0.29, 0.717) is 43.4 Å². The molecule has 3 rings (SSSR count). The molecule has 0 spiro atoms. The molecule has 0 aliphatic carbocycles. The van der Waals surface area contributed by atoms with E-state index < -0.39 is 10.0 Å². The monoisotopic (exact) mass is 337 g/mol. The van der Waals surface area contributed by atoms with Crippen LogP contribution in [0.2, 0.25) is 0 Å². The Balaban J connectivity index is 1.74. The highest BCUT2D eigenvalue weighted by Gasteiger charge is 2.29. The van der Waals surface area contributed by atoms with Crippen LogP contribution in [-0.4, -0.2) is 44.8 Å². The standard InChI is InChI=1S/C16H23N3O3S/c17-12-13-7-10-18(11-8-13)23(21,22)15-5-3-14(4-6-15)19-9-1-2-16(19)20/h3-6,13H,1-2,7-12,17H2. The van der Waals surface area contributed by atoms with Crippen molar-refractivity contribution in [2.24, 2.45) is 11.7 Å². The number of hydrogen-bond acceptors (Lipinski definition) is 4. The van der Waals surface area contributed by atoms with Crippen LogP contribution in [0.3, 0.4) is 0 Å². The second-order valence-electron chi connectivity index (χ2n) is 6.23. The summed E-state index contributed by atoms with van der Waals surface area (Å²) in [6, 6.07) is 6.65. The number of piperidine rings is 1. The van der Waals surface area contributed by atoms with Gasteiger partial charge in [0, 0.05) is 31.7 Å². The van der Waals surface area contributed by atoms with Gasteiger partial charge in [0.05, 0.1) is 4.90 Å². The minimum atomic E-state index is -3.46. The molecule has 0 saturated carbocycles. The third-order valence-electron chi connectivity index (χ3n) is 4.77. The van der Waals surface area contributed by atoms with Crippen LogP contribution in [0.4, 0.5) is 5.69 Å². The summed E-state index contributed by atoms with van der Waals surface area (Å²) < 4.78 is 26.9. The Labute approximate surface area is 137 Å². The molecule has 2 aliphatic heterocycles. The number of amides is 1. The van der Waals surface area contributed by atoms with Crippen molar-refractivity contribution in [2.45, 2.75) is 30.6 Å². The summed E-state index contributed by atoms with van der Waals surface area (Å²) in [5, 5.41) is 0. The fourth-order valence-corrected chi connectivity index (χ4v) is 4.72. The first-order valence-corrected chi connectivity index (χ1v) is 9.57. The Hall–Kier alpha value is -1.44. The van der Waals surface area contributed by atoms with Gasteiger partial charge in [-0.1, -0.05) is 0 Å². The number of hydrogen-bond donors (Lipinski definition) is 1. The Bertz CT molecular complexity index is 664. The molecule has 2 heterocycles. The molecule has 0 bridgehead atoms. The van der Waals surface area contributed by atoms with Gasteiger partial charge in [-0.3, -0.25) is 4.79 Å². The number of nitrogens with zero attached hydrogens (tertiary/aromatic N) is 2. The lowest BCUT2D eigenvalue weighted by Crippen LogP contribution is -2.40. The number of rotatable bonds is 4. The summed E-state index contributed by atoms with van der Waals surface area (Å²) in [6.45, 7) is 2.37. The van der Waals surface area contributed by atoms with Gasteiger partial charge in [0.2, 0.25) is 15.9 Å². The second-order valence-corrected chi connectivity index (χ2v) is 8.16. The Morgan fingerprint density at radius 1 is 1.09 bits per heavy atom. The van der Waals surface area contributed by atoms with Crippen LogP contribution in [0.5, 0.6) is 0 Å². The molecule has 2 fully saturated rings. The van der Waals surface area contributed by atoms with E-state index in [1.165, 1.54) is 4.31 Å². The first kappa shape index (κ1) is 16.4. The molecule has 0 unspecified atom stereocenters. The molecular weight excluding hydrogens is 314 g/mol. The lowest BCUT2D eigenvalue weighted by atomic mass is 9.99. The van der Waals surface area contributed by atoms with Crippen LogP contribution in [0.25, 0.3) is 0 Å². The SMILES string of the molecule is NCC1CCN(S(=O)(=O)c2ccc(N3CCCC3=O)cc2)CC1. The average molecular weight is 337 g/mol. The maximum atomic E-state index is 12.7. The summed E-state index contributed by atoms with van der Waals surface area (Å²) in [6.07, 6.45) is 3.05. The predicted octanol–water partition coefficient (Wildman–Crippen LogP) is 1.17. The van der Waals surface area contributed by atoms with E-state index in [2.05, 4.69) is 0 Å². The van der Waals surface area contributed by atoms with E-state index in [9.17, 15) is 13.2 Å². The summed E-state index contributed by atoms with van der Waals surface area (Å²) in [7, 11) is -3.46. The highest BCUT2D eigenvalue weighted by Crippen LogP contribution is 2.26. The molecule has 1 aromatic carbocycles. The fourth-order valence-electron chi connectivity index (χ4n) is 3.25. The number of nitrogens with two attached hydrogens (primary N) is 1. The van der Waals surface area contributed by atoms with Gasteiger partial charge >= 0.3 is 0 Å². The van der Waals surface area contributed by atoms with Crippen LogP contribution in [0.1, 0.15) is 25.7 Å². The number of benzene rings is 1. The molecule has 0 radical (unpaired) electrons. The van der Waals surface area contributed by atoms with Gasteiger partial charge in [0.1, 0.15) is 0 Å². The zero-order valence-corrected chi connectivity index (χ0v) is 14.0. The zero-order valence-electron chi connectivity index (χ0n) is 13.1. The summed E-state index contributed by atoms with van der Waals surface area (Å²) >= 11 is 0. The molecule has 2 N–H and O–H groups in total. The van der Waals surface area contributed by atoms with Gasteiger partial charge in [-0.05, 0) is 56.0 Å². The first-order chi connectivity index (χ1) is 11.0. The highest BCUT2D eigenvalue weighted by atomic mass is 32.2. The number of anilines is 1. The minimum Gasteiger partial charge on any atom is -0.330 e. The van der Waals surface area contributed by atoms with Crippen LogP contribution in [-0.2, 0) is 14.8 Å². The van der Waals surface area contributed by atoms with Crippen molar-refractivity contribution in [3.05, 3.63) is 24.3 Å². The van der Waals surface area contributed by atoms with Gasteiger partial charge in [-0.15, -0.1) is 0 Å². The van der Waals surface area contributed by atoms with Crippen molar-refractivity contribution in [3.63, 3.8) is 0 Å². The van der Waals surface area contributed by atoms with E-state index in [0.717, 1.165) is 24.9 Å². The minimum absolute atomic E-state index is 0.101. The van der Waals surface area contributed by atoms with Crippen molar-refractivity contribution in [1.82, 2.24) is 4.31 Å². The molecule has 1 aromatic rings. The molecule has 2 aliphatic rings. The van der Waals surface area contributed by atoms with Gasteiger partial charge in [0.15, 0.2) is 0 Å². The smallest absolute Gasteiger partial charge is 0.243 e. The van der Waals surface area contributed by atoms with Crippen molar-refractivity contribution >= 4 is 21.6 Å². The van der Waals surface area contributed by atoms with Crippen LogP contribution in [0, 0.1) is 5.92 Å². The fraction of sp³-hybridized carbons (Fsp3) is 0.562. The summed E-state index contributed by atoms with van der Waals surface area (Å²) in [4.78, 5) is 13.8. The van der Waals surface area contributed by atoms with E-state index in [4.69, 9.17) is 5.73 Å². The molecule has 6 nitrogen and oxygen atoms in total. The highest BCUT2D eigenvalue weighted by molar-refractivity contribution is 7.89. The maximum Gasteiger partial charge on any atom is 0.243 e. The molecule has 126 valence electrons. The summed E-state index contributed by atoms with van der Waals surface area (Å²) in [5.74, 6) is 0.523. The third-order valence-corrected chi connectivity index (χ3v) is 6.68. The quantitative estimate of drug-likeness (QED) is 0.894. The Morgan fingerprint density at radius 2 is 1.74 bits per heavy atom. The lowest BCUT2D eigenvalue weighted by molar-refractivity contribution is -0.117. The molecule has 1 amide bonds. The number of sulfonamides is 1. The van der Waals surface area contributed by atoms with Crippen molar-refractivity contribution in [2.75, 3.05) is 31.1 Å². The van der Waals surface area contributed by atoms with Crippen molar-refractivity contribution < 1.29 is 13.2 Å². The molecule has 0 aromatic heterocycles. The van der Waals surface area contributed by atoms with Gasteiger partial charge in [-0.2, -0.15) is 4.31 Å². The normalized spacial score (nSPS) is 21.1. The van der Waals surface area contributed by atoms with Gasteiger partial charge in [0.25, 0.3) is 0 Å². The van der Waals surface area contributed by atoms with Crippen LogP contribution < -0.4 is 10.6 Å². The third kappa shape index (κ3) is 3.27. The Kier molecular flexibility index (Phi) is 4.70. The second kappa shape index (κ2) is 6.59. The first-order valence-electron chi connectivity index (χ1n) is 8.13. The van der Waals surface area contributed by atoms with E-state index in [1.54, 1.807) is 29.2 Å². The van der Waals surface area contributed by atoms with E-state index in [1.807, 2.05) is 0 Å². The van der Waals surface area contributed by atoms with E-state index >= 15 is 0 Å². The van der Waals surface area contributed by atoms with Crippen molar-refractivity contribution in [3.8, 4) is 0 Å². The molecular formula is C16H23N3O3S.